The lowest BCUT2D eigenvalue weighted by molar-refractivity contribution is 0.0471. The second kappa shape index (κ2) is 47.7. The normalized spacial score (nSPS) is 16.1. The summed E-state index contributed by atoms with van der Waals surface area (Å²) in [4.78, 5) is 47.4. The molecule has 3 atom stereocenters. The third-order valence-corrected chi connectivity index (χ3v) is 27.8. The van der Waals surface area contributed by atoms with Crippen LogP contribution in [0.2, 0.25) is 30.1 Å². The maximum atomic E-state index is 13.7. The summed E-state index contributed by atoms with van der Waals surface area (Å²) in [6.45, 7) is 9.82. The van der Waals surface area contributed by atoms with E-state index in [1.807, 2.05) is 57.5 Å². The Labute approximate surface area is 725 Å². The van der Waals surface area contributed by atoms with Crippen molar-refractivity contribution in [2.24, 2.45) is 0 Å². The molecule has 650 valence electrons. The Hall–Kier alpha value is -5.80. The van der Waals surface area contributed by atoms with Gasteiger partial charge in [-0.1, -0.05) is 106 Å². The summed E-state index contributed by atoms with van der Waals surface area (Å²) < 4.78 is 120. The van der Waals surface area contributed by atoms with Crippen LogP contribution in [0.1, 0.15) is 87.2 Å². The van der Waals surface area contributed by atoms with Gasteiger partial charge in [-0.25, -0.2) is 39.6 Å². The predicted molar refractivity (Wildman–Crippen MR) is 462 cm³/mol. The van der Waals surface area contributed by atoms with Crippen LogP contribution in [0.25, 0.3) is 0 Å². The second-order valence-corrected chi connectivity index (χ2v) is 38.0. The van der Waals surface area contributed by atoms with Crippen molar-refractivity contribution < 1.29 is 68.1 Å². The molecule has 118 heavy (non-hydrogen) atoms. The van der Waals surface area contributed by atoms with Gasteiger partial charge in [0.05, 0.1) is 100 Å². The minimum atomic E-state index is -3.85. The minimum Gasteiger partial charge on any atom is -0.378 e. The number of urea groups is 3. The quantitative estimate of drug-likeness (QED) is 0.0194. The molecule has 3 aliphatic rings. The molecule has 0 unspecified atom stereocenters. The molecule has 37 heteroatoms. The van der Waals surface area contributed by atoms with Crippen molar-refractivity contribution in [2.75, 3.05) is 220 Å². The van der Waals surface area contributed by atoms with E-state index in [0.29, 0.717) is 115 Å². The maximum absolute atomic E-state index is 13.7. The Bertz CT molecular complexity index is 4460. The van der Waals surface area contributed by atoms with Crippen LogP contribution >= 0.6 is 69.6 Å². The predicted octanol–water partition coefficient (Wildman–Crippen LogP) is 10.1. The highest BCUT2D eigenvalue weighted by atomic mass is 35.5. The molecular formula is C81H111Cl6N13O15S3. The van der Waals surface area contributed by atoms with Crippen molar-refractivity contribution in [2.45, 2.75) is 71.3 Å². The number of rotatable bonds is 48. The number of amides is 6. The van der Waals surface area contributed by atoms with Gasteiger partial charge in [0.2, 0.25) is 30.1 Å². The number of likely N-dealkylation sites (N-methyl/N-ethyl adjacent to an activating group) is 6. The van der Waals surface area contributed by atoms with E-state index in [2.05, 4.69) is 51.5 Å². The average Bonchev–Trinajstić information content (AvgIpc) is 0.774. The number of carbonyl (C=O) groups is 3. The van der Waals surface area contributed by atoms with Crippen LogP contribution in [0.5, 0.6) is 0 Å². The summed E-state index contributed by atoms with van der Waals surface area (Å²) in [5.74, 6) is -0.248. The summed E-state index contributed by atoms with van der Waals surface area (Å²) in [6, 6.07) is 30.5. The van der Waals surface area contributed by atoms with Gasteiger partial charge in [0.15, 0.2) is 0 Å². The Morgan fingerprint density at radius 3 is 1.07 bits per heavy atom. The van der Waals surface area contributed by atoms with E-state index >= 15 is 0 Å². The molecule has 0 saturated heterocycles. The monoisotopic (exact) mass is 1810 g/mol. The number of halogens is 6. The largest absolute Gasteiger partial charge is 0.378 e. The first-order valence-corrected chi connectivity index (χ1v) is 46.0. The topological polar surface area (TPSA) is 304 Å². The molecule has 9 rings (SSSR count). The molecule has 0 aliphatic carbocycles. The molecule has 6 aromatic rings. The van der Waals surface area contributed by atoms with E-state index in [-0.39, 0.29) is 169 Å². The highest BCUT2D eigenvalue weighted by molar-refractivity contribution is 7.89. The molecule has 0 radical (unpaired) electrons. The van der Waals surface area contributed by atoms with Gasteiger partial charge in [0, 0.05) is 155 Å². The fourth-order valence-electron chi connectivity index (χ4n) is 14.3. The Balaban J connectivity index is 0.627. The van der Waals surface area contributed by atoms with Crippen LogP contribution in [-0.4, -0.2) is 296 Å². The first-order valence-electron chi connectivity index (χ1n) is 39.4. The second-order valence-electron chi connectivity index (χ2n) is 29.3. The van der Waals surface area contributed by atoms with E-state index in [9.17, 15) is 39.6 Å². The average molecular weight is 1820 g/mol. The van der Waals surface area contributed by atoms with Crippen molar-refractivity contribution in [1.29, 1.82) is 0 Å². The van der Waals surface area contributed by atoms with Crippen molar-refractivity contribution in [3.8, 4) is 0 Å². The molecular weight excluding hydrogens is 1700 g/mol. The smallest absolute Gasteiger partial charge is 0.314 e. The first-order chi connectivity index (χ1) is 56.5. The molecule has 6 aromatic carbocycles. The van der Waals surface area contributed by atoms with E-state index < -0.39 is 30.1 Å². The van der Waals surface area contributed by atoms with Crippen LogP contribution < -0.4 is 31.9 Å². The molecule has 0 spiro atoms. The van der Waals surface area contributed by atoms with Crippen molar-refractivity contribution in [3.05, 3.63) is 189 Å². The fraction of sp³-hybridized carbons (Fsp3) is 0.519. The molecule has 0 saturated carbocycles. The van der Waals surface area contributed by atoms with Crippen molar-refractivity contribution in [1.82, 2.24) is 64.4 Å². The standard InChI is InChI=1S/C81H111Cl6N13O15S3/c1-94-54-71(68-48-61(82)52-76(86)73(68)56-94)58-13-7-16-64(45-58)116(104,105)97(4)30-36-113-42-39-110-33-23-91-79(101)88-20-10-26-100(27-11-21-89-80(102)92-24-34-111-40-43-114-37-31-98(5)117(106,107)65-17-8-14-59(46-65)72-55-95(2)57-74-69(72)49-62(83)53-77(74)87)28-12-22-90-81(103)93-25-35-112-41-44-115-38-32-99(6)118(108,109)66-18-9-15-60(47-66)78-70-50-63(84)51-75(85)67(70)19-29-96(78)3/h7-9,13-18,45-53,71-72,78H,10-12,19-44,54-57H2,1-6H3,(H2,88,91,101)(H2,89,92,102)(H2,90,93,103)/t71-,72-,78-/m0/s1. The number of hydrogen-bond acceptors (Lipinski definition) is 19. The van der Waals surface area contributed by atoms with Crippen molar-refractivity contribution >= 4 is 118 Å². The van der Waals surface area contributed by atoms with Crippen LogP contribution in [0.4, 0.5) is 14.4 Å². The van der Waals surface area contributed by atoms with E-state index in [4.69, 9.17) is 98.0 Å². The van der Waals surface area contributed by atoms with Gasteiger partial charge in [-0.05, 0) is 189 Å². The first kappa shape index (κ1) is 96.0. The summed E-state index contributed by atoms with van der Waals surface area (Å²) in [7, 11) is -1.00. The molecule has 0 bridgehead atoms. The Morgan fingerprint density at radius 1 is 0.390 bits per heavy atom. The van der Waals surface area contributed by atoms with Crippen molar-refractivity contribution in [3.63, 3.8) is 0 Å². The van der Waals surface area contributed by atoms with Gasteiger partial charge in [0.25, 0.3) is 0 Å². The lowest BCUT2D eigenvalue weighted by Crippen LogP contribution is -2.41. The number of fused-ring (bicyclic) bond motifs is 3. The zero-order valence-electron chi connectivity index (χ0n) is 67.7. The van der Waals surface area contributed by atoms with Crippen LogP contribution in [0.15, 0.2) is 124 Å². The molecule has 0 fully saturated rings. The number of sulfonamides is 3. The van der Waals surface area contributed by atoms with E-state index in [0.717, 1.165) is 63.0 Å². The third-order valence-electron chi connectivity index (χ3n) is 20.6. The highest BCUT2D eigenvalue weighted by Crippen LogP contribution is 2.43. The Kier molecular flexibility index (Phi) is 38.8. The summed E-state index contributed by atoms with van der Waals surface area (Å²) in [5, 5.41) is 20.3. The summed E-state index contributed by atoms with van der Waals surface area (Å²) in [6.07, 6.45) is 2.57. The highest BCUT2D eigenvalue weighted by Gasteiger charge is 2.34. The van der Waals surface area contributed by atoms with Gasteiger partial charge in [-0.3, -0.25) is 4.90 Å². The van der Waals surface area contributed by atoms with Gasteiger partial charge in [0.1, 0.15) is 0 Å². The molecule has 0 aromatic heterocycles. The SMILES string of the molecule is CN1Cc2c(Cl)cc(Cl)cc2[C@H](c2cccc(S(=O)(=O)N(C)CCOCCOCCNC(=O)NCCCN(CCCNC(=O)NCCOCCOCCN(C)S(=O)(=O)c3cccc([C@@H]4CN(C)Cc5c(Cl)cc(Cl)cc54)c3)CCCNC(=O)NCCOCCOCCN(C)S(=O)(=O)c3cccc([C@H]4c5cc(Cl)cc(Cl)c5CCN4C)c3)c2)C1. The fourth-order valence-corrected chi connectivity index (χ4v) is 19.7. The minimum absolute atomic E-state index is 0.113. The Morgan fingerprint density at radius 2 is 0.703 bits per heavy atom. The molecule has 3 aliphatic heterocycles. The number of benzene rings is 6. The number of carbonyl (C=O) groups excluding carboxylic acids is 3. The zero-order chi connectivity index (χ0) is 84.9. The van der Waals surface area contributed by atoms with Crippen LogP contribution in [-0.2, 0) is 78.0 Å². The number of ether oxygens (including phenoxy) is 6. The number of hydrogen-bond donors (Lipinski definition) is 6. The number of nitrogens with one attached hydrogen (secondary N) is 6. The lowest BCUT2D eigenvalue weighted by Gasteiger charge is -2.35. The van der Waals surface area contributed by atoms with Gasteiger partial charge in [-0.2, -0.15) is 12.9 Å². The lowest BCUT2D eigenvalue weighted by atomic mass is 9.85. The molecule has 6 N–H and O–H groups in total. The maximum Gasteiger partial charge on any atom is 0.314 e. The third kappa shape index (κ3) is 28.6. The van der Waals surface area contributed by atoms with E-state index in [1.165, 1.54) is 34.1 Å². The van der Waals surface area contributed by atoms with Crippen LogP contribution in [0, 0.1) is 0 Å². The molecule has 28 nitrogen and oxygen atoms in total. The van der Waals surface area contributed by atoms with Gasteiger partial charge >= 0.3 is 18.1 Å². The van der Waals surface area contributed by atoms with E-state index in [1.54, 1.807) is 72.8 Å². The molecule has 6 amide bonds. The molecule has 3 heterocycles. The van der Waals surface area contributed by atoms with Crippen LogP contribution in [0.3, 0.4) is 0 Å². The summed E-state index contributed by atoms with van der Waals surface area (Å²) >= 11 is 39.0. The van der Waals surface area contributed by atoms with Gasteiger partial charge < -0.3 is 75.0 Å². The zero-order valence-corrected chi connectivity index (χ0v) is 74.7. The van der Waals surface area contributed by atoms with Gasteiger partial charge in [-0.15, -0.1) is 0 Å². The number of nitrogens with zero attached hydrogens (tertiary/aromatic N) is 7. The summed E-state index contributed by atoms with van der Waals surface area (Å²) in [5.41, 5.74) is 8.38.